The summed E-state index contributed by atoms with van der Waals surface area (Å²) in [6.45, 7) is 3.82. The number of nitrogens with zero attached hydrogens (tertiary/aromatic N) is 3. The molecule has 0 saturated heterocycles. The van der Waals surface area contributed by atoms with Crippen LogP contribution in [-0.4, -0.2) is 16.1 Å². The summed E-state index contributed by atoms with van der Waals surface area (Å²) in [4.78, 5) is 4.03. The molecule has 0 bridgehead atoms. The molecule has 0 unspecified atom stereocenters. The van der Waals surface area contributed by atoms with Gasteiger partial charge in [0.15, 0.2) is 0 Å². The third kappa shape index (κ3) is 2.88. The van der Waals surface area contributed by atoms with Gasteiger partial charge in [0, 0.05) is 13.1 Å². The molecule has 2 N–H and O–H groups in total. The van der Waals surface area contributed by atoms with E-state index in [0.29, 0.717) is 16.7 Å². The fourth-order valence-electron chi connectivity index (χ4n) is 1.74. The third-order valence-electron chi connectivity index (χ3n) is 2.64. The van der Waals surface area contributed by atoms with E-state index in [-0.39, 0.29) is 0 Å². The highest BCUT2D eigenvalue weighted by Crippen LogP contribution is 2.35. The summed E-state index contributed by atoms with van der Waals surface area (Å²) in [5.41, 5.74) is 7.82. The van der Waals surface area contributed by atoms with E-state index in [1.165, 1.54) is 6.34 Å². The molecule has 1 aromatic heterocycles. The van der Waals surface area contributed by atoms with Crippen molar-refractivity contribution in [3.63, 3.8) is 0 Å². The monoisotopic (exact) mass is 278 g/mol. The Kier molecular flexibility index (Phi) is 3.76. The van der Waals surface area contributed by atoms with Gasteiger partial charge < -0.3 is 10.5 Å². The van der Waals surface area contributed by atoms with E-state index < -0.39 is 0 Å². The van der Waals surface area contributed by atoms with E-state index in [2.05, 4.69) is 10.1 Å². The largest absolute Gasteiger partial charge is 0.438 e. The Morgan fingerprint density at radius 3 is 2.68 bits per heavy atom. The maximum absolute atomic E-state index is 6.18. The maximum Gasteiger partial charge on any atom is 0.217 e. The van der Waals surface area contributed by atoms with Crippen molar-refractivity contribution in [2.24, 2.45) is 17.8 Å². The van der Waals surface area contributed by atoms with Gasteiger partial charge in [-0.3, -0.25) is 0 Å². The van der Waals surface area contributed by atoms with Crippen molar-refractivity contribution in [2.45, 2.75) is 13.8 Å². The first-order chi connectivity index (χ1) is 9.01. The van der Waals surface area contributed by atoms with Gasteiger partial charge in [0.05, 0.1) is 22.7 Å². The average Bonchev–Trinajstić information content (AvgIpc) is 2.64. The standard InChI is InChI=1S/C13H15ClN4O/c1-8-4-12(10(14)6-11(8)16-7-15)19-13-5-9(2)17-18(13)3/h4-7H,1-3H3,(H2,15,16). The maximum atomic E-state index is 6.18. The zero-order chi connectivity index (χ0) is 14.0. The smallest absolute Gasteiger partial charge is 0.217 e. The predicted molar refractivity (Wildman–Crippen MR) is 76.5 cm³/mol. The molecule has 0 spiro atoms. The van der Waals surface area contributed by atoms with E-state index in [1.54, 1.807) is 10.7 Å². The van der Waals surface area contributed by atoms with Gasteiger partial charge in [-0.1, -0.05) is 11.6 Å². The summed E-state index contributed by atoms with van der Waals surface area (Å²) in [6, 6.07) is 5.39. The topological polar surface area (TPSA) is 65.4 Å². The average molecular weight is 279 g/mol. The second-order valence-electron chi connectivity index (χ2n) is 4.20. The first-order valence-electron chi connectivity index (χ1n) is 5.74. The lowest BCUT2D eigenvalue weighted by Gasteiger charge is -2.09. The van der Waals surface area contributed by atoms with Gasteiger partial charge in [0.25, 0.3) is 0 Å². The minimum absolute atomic E-state index is 0.477. The number of aryl methyl sites for hydroxylation is 3. The molecule has 0 radical (unpaired) electrons. The number of nitrogens with two attached hydrogens (primary N) is 1. The zero-order valence-electron chi connectivity index (χ0n) is 11.0. The third-order valence-corrected chi connectivity index (χ3v) is 2.93. The van der Waals surface area contributed by atoms with E-state index >= 15 is 0 Å². The molecule has 0 aliphatic rings. The summed E-state index contributed by atoms with van der Waals surface area (Å²) < 4.78 is 7.42. The van der Waals surface area contributed by atoms with Crippen LogP contribution in [0.3, 0.4) is 0 Å². The number of hydrogen-bond donors (Lipinski definition) is 1. The summed E-state index contributed by atoms with van der Waals surface area (Å²) >= 11 is 6.18. The molecule has 0 aliphatic carbocycles. The summed E-state index contributed by atoms with van der Waals surface area (Å²) in [6.07, 6.45) is 1.24. The molecule has 1 aromatic carbocycles. The Bertz CT molecular complexity index is 634. The lowest BCUT2D eigenvalue weighted by Crippen LogP contribution is -1.96. The molecule has 19 heavy (non-hydrogen) atoms. The quantitative estimate of drug-likeness (QED) is 0.693. The Labute approximate surface area is 116 Å². The van der Waals surface area contributed by atoms with E-state index in [0.717, 1.165) is 16.9 Å². The van der Waals surface area contributed by atoms with E-state index in [9.17, 15) is 0 Å². The van der Waals surface area contributed by atoms with Gasteiger partial charge in [-0.2, -0.15) is 5.10 Å². The van der Waals surface area contributed by atoms with Crippen LogP contribution in [0.5, 0.6) is 11.6 Å². The number of aromatic nitrogens is 2. The van der Waals surface area contributed by atoms with E-state index in [1.807, 2.05) is 33.0 Å². The zero-order valence-corrected chi connectivity index (χ0v) is 11.8. The molecule has 0 atom stereocenters. The first-order valence-corrected chi connectivity index (χ1v) is 6.12. The normalized spacial score (nSPS) is 11.2. The van der Waals surface area contributed by atoms with Crippen molar-refractivity contribution in [3.05, 3.63) is 34.5 Å². The van der Waals surface area contributed by atoms with Gasteiger partial charge >= 0.3 is 0 Å². The van der Waals surface area contributed by atoms with E-state index in [4.69, 9.17) is 22.1 Å². The molecular formula is C13H15ClN4O. The number of halogens is 1. The number of ether oxygens (including phenoxy) is 1. The van der Waals surface area contributed by atoms with Gasteiger partial charge in [0.1, 0.15) is 5.75 Å². The lowest BCUT2D eigenvalue weighted by atomic mass is 10.2. The minimum Gasteiger partial charge on any atom is -0.438 e. The van der Waals surface area contributed by atoms with Crippen LogP contribution < -0.4 is 10.5 Å². The molecule has 2 rings (SSSR count). The van der Waals surface area contributed by atoms with Crippen LogP contribution in [0.1, 0.15) is 11.3 Å². The molecular weight excluding hydrogens is 264 g/mol. The van der Waals surface area contributed by atoms with Crippen LogP contribution >= 0.6 is 11.6 Å². The minimum atomic E-state index is 0.477. The Hall–Kier alpha value is -2.01. The van der Waals surface area contributed by atoms with Crippen LogP contribution in [0.4, 0.5) is 5.69 Å². The van der Waals surface area contributed by atoms with Crippen LogP contribution in [0.2, 0.25) is 5.02 Å². The van der Waals surface area contributed by atoms with Gasteiger partial charge in [-0.25, -0.2) is 9.67 Å². The fourth-order valence-corrected chi connectivity index (χ4v) is 1.93. The molecule has 1 heterocycles. The molecule has 2 aromatic rings. The second-order valence-corrected chi connectivity index (χ2v) is 4.60. The summed E-state index contributed by atoms with van der Waals surface area (Å²) in [5.74, 6) is 1.20. The molecule has 0 amide bonds. The van der Waals surface area contributed by atoms with Crippen molar-refractivity contribution in [1.82, 2.24) is 9.78 Å². The Balaban J connectivity index is 2.36. The van der Waals surface area contributed by atoms with Crippen molar-refractivity contribution in [3.8, 4) is 11.6 Å². The predicted octanol–water partition coefficient (Wildman–Crippen LogP) is 3.10. The van der Waals surface area contributed by atoms with Gasteiger partial charge in [0.2, 0.25) is 5.88 Å². The molecule has 5 nitrogen and oxygen atoms in total. The molecule has 0 fully saturated rings. The Morgan fingerprint density at radius 2 is 2.11 bits per heavy atom. The highest BCUT2D eigenvalue weighted by atomic mass is 35.5. The molecule has 0 aliphatic heterocycles. The highest BCUT2D eigenvalue weighted by molar-refractivity contribution is 6.32. The van der Waals surface area contributed by atoms with Crippen LogP contribution in [-0.2, 0) is 7.05 Å². The highest BCUT2D eigenvalue weighted by Gasteiger charge is 2.10. The summed E-state index contributed by atoms with van der Waals surface area (Å²) in [5, 5.41) is 4.69. The van der Waals surface area contributed by atoms with Crippen molar-refractivity contribution < 1.29 is 4.74 Å². The molecule has 0 saturated carbocycles. The summed E-state index contributed by atoms with van der Waals surface area (Å²) in [7, 11) is 1.82. The Morgan fingerprint density at radius 1 is 1.37 bits per heavy atom. The van der Waals surface area contributed by atoms with Gasteiger partial charge in [-0.15, -0.1) is 0 Å². The van der Waals surface area contributed by atoms with Crippen molar-refractivity contribution in [1.29, 1.82) is 0 Å². The second kappa shape index (κ2) is 5.32. The number of benzene rings is 1. The number of hydrogen-bond acceptors (Lipinski definition) is 3. The number of aliphatic imine (C=N–C) groups is 1. The number of rotatable bonds is 3. The fraction of sp³-hybridized carbons (Fsp3) is 0.231. The van der Waals surface area contributed by atoms with Crippen molar-refractivity contribution in [2.75, 3.05) is 0 Å². The van der Waals surface area contributed by atoms with Gasteiger partial charge in [-0.05, 0) is 31.5 Å². The van der Waals surface area contributed by atoms with Crippen LogP contribution in [0.15, 0.2) is 23.2 Å². The molecule has 100 valence electrons. The lowest BCUT2D eigenvalue weighted by molar-refractivity contribution is 0.430. The first kappa shape index (κ1) is 13.4. The SMILES string of the molecule is Cc1cc(Oc2cc(C)c(N=CN)cc2Cl)n(C)n1. The molecule has 6 heteroatoms. The van der Waals surface area contributed by atoms with Crippen LogP contribution in [0.25, 0.3) is 0 Å². The van der Waals surface area contributed by atoms with Crippen molar-refractivity contribution >= 4 is 23.6 Å². The van der Waals surface area contributed by atoms with Crippen LogP contribution in [0, 0.1) is 13.8 Å².